The maximum absolute atomic E-state index is 16.4. The summed E-state index contributed by atoms with van der Waals surface area (Å²) >= 11 is 0.872. The zero-order valence-corrected chi connectivity index (χ0v) is 29.1. The van der Waals surface area contributed by atoms with E-state index in [0.29, 0.717) is 54.9 Å². The lowest BCUT2D eigenvalue weighted by Crippen LogP contribution is -2.33. The van der Waals surface area contributed by atoms with E-state index in [-0.39, 0.29) is 24.2 Å². The van der Waals surface area contributed by atoms with Crippen molar-refractivity contribution in [1.82, 2.24) is 34.3 Å². The first-order valence-electron chi connectivity index (χ1n) is 16.9. The Balaban J connectivity index is 1.13. The van der Waals surface area contributed by atoms with Crippen LogP contribution in [0.3, 0.4) is 0 Å². The highest BCUT2D eigenvalue weighted by Gasteiger charge is 2.27. The van der Waals surface area contributed by atoms with E-state index >= 15 is 4.39 Å². The van der Waals surface area contributed by atoms with E-state index < -0.39 is 0 Å². The minimum Gasteiger partial charge on any atom is -0.491 e. The standard InChI is InChI=1S/C36H42FN7O4S/c1-5-12-43(33(45)16-22(2)48-49-46-4)21-32-38-19-27(40-32)23-9-11-29-26(17-23)34(37)35-25-10-8-24(18-31(25)47-15-14-44(29)35)28-20-39-36(41-28)30-7-6-13-42(30)3/h8-11,17-20,22,30H,5-7,12-16,21H2,1-4H3,(H,38,40)(H,39,41)/t22?,30-/m1/s1. The fourth-order valence-corrected chi connectivity index (χ4v) is 7.27. The van der Waals surface area contributed by atoms with E-state index in [9.17, 15) is 4.79 Å². The number of aromatic amines is 2. The van der Waals surface area contributed by atoms with Gasteiger partial charge in [-0.3, -0.25) is 18.1 Å². The molecule has 2 aliphatic rings. The average molecular weight is 688 g/mol. The molecule has 1 fully saturated rings. The Morgan fingerprint density at radius 3 is 2.73 bits per heavy atom. The monoisotopic (exact) mass is 687 g/mol. The van der Waals surface area contributed by atoms with Gasteiger partial charge < -0.3 is 24.2 Å². The highest BCUT2D eigenvalue weighted by atomic mass is 32.2. The molecule has 5 heterocycles. The Morgan fingerprint density at radius 2 is 1.94 bits per heavy atom. The summed E-state index contributed by atoms with van der Waals surface area (Å²) in [4.78, 5) is 33.2. The van der Waals surface area contributed by atoms with Crippen LogP contribution in [0.5, 0.6) is 5.75 Å². The maximum atomic E-state index is 16.4. The van der Waals surface area contributed by atoms with Crippen LogP contribution in [-0.4, -0.2) is 80.2 Å². The van der Waals surface area contributed by atoms with Crippen molar-refractivity contribution in [3.63, 3.8) is 0 Å². The average Bonchev–Trinajstić information content (AvgIpc) is 3.89. The molecule has 49 heavy (non-hydrogen) atoms. The highest BCUT2D eigenvalue weighted by molar-refractivity contribution is 7.89. The number of nitrogens with one attached hydrogen (secondary N) is 2. The molecular formula is C36H42FN7O4S. The fourth-order valence-electron chi connectivity index (χ4n) is 6.98. The number of halogens is 1. The first-order valence-corrected chi connectivity index (χ1v) is 17.5. The summed E-state index contributed by atoms with van der Waals surface area (Å²) in [5.74, 6) is 1.97. The van der Waals surface area contributed by atoms with Gasteiger partial charge in [0.05, 0.1) is 73.8 Å². The molecule has 1 amide bonds. The Bertz CT molecular complexity index is 1950. The molecule has 5 aromatic rings. The molecule has 0 radical (unpaired) electrons. The van der Waals surface area contributed by atoms with E-state index in [0.717, 1.165) is 71.1 Å². The Morgan fingerprint density at radius 1 is 1.14 bits per heavy atom. The van der Waals surface area contributed by atoms with Gasteiger partial charge in [0.1, 0.15) is 24.0 Å². The van der Waals surface area contributed by atoms with E-state index in [4.69, 9.17) is 13.1 Å². The van der Waals surface area contributed by atoms with Crippen LogP contribution in [0.15, 0.2) is 48.8 Å². The molecule has 2 atom stereocenters. The number of hydrogen-bond donors (Lipinski definition) is 2. The van der Waals surface area contributed by atoms with Crippen molar-refractivity contribution in [2.45, 2.75) is 64.8 Å². The van der Waals surface area contributed by atoms with Crippen molar-refractivity contribution in [3.8, 4) is 39.5 Å². The SMILES string of the molecule is CCCN(Cc1ncc(-c2ccc3c(c2)c(F)c2n3CCOc3cc(-c4cnc([C@H]5CCCN5C)[nH]4)ccc3-2)[nH]1)C(=O)CC(C)OSOC. The third-order valence-electron chi connectivity index (χ3n) is 9.41. The molecule has 11 nitrogen and oxygen atoms in total. The van der Waals surface area contributed by atoms with E-state index in [2.05, 4.69) is 31.9 Å². The van der Waals surface area contributed by atoms with Crippen molar-refractivity contribution < 1.29 is 22.3 Å². The molecule has 258 valence electrons. The number of imidazole rings is 2. The van der Waals surface area contributed by atoms with E-state index in [1.165, 1.54) is 13.5 Å². The second kappa shape index (κ2) is 14.4. The summed E-state index contributed by atoms with van der Waals surface area (Å²) in [5, 5.41) is 0.533. The van der Waals surface area contributed by atoms with Crippen LogP contribution in [-0.2, 0) is 26.3 Å². The number of fused-ring (bicyclic) bond motifs is 5. The van der Waals surface area contributed by atoms with Crippen molar-refractivity contribution in [2.24, 2.45) is 0 Å². The van der Waals surface area contributed by atoms with Crippen molar-refractivity contribution in [3.05, 3.63) is 66.3 Å². The number of rotatable bonds is 12. The minimum absolute atomic E-state index is 0.0228. The number of carbonyl (C=O) groups is 1. The predicted octanol–water partition coefficient (Wildman–Crippen LogP) is 7.13. The lowest BCUT2D eigenvalue weighted by molar-refractivity contribution is -0.133. The van der Waals surface area contributed by atoms with Gasteiger partial charge in [-0.15, -0.1) is 0 Å². The van der Waals surface area contributed by atoms with Crippen LogP contribution in [0.1, 0.15) is 57.2 Å². The molecule has 0 spiro atoms. The van der Waals surface area contributed by atoms with Crippen LogP contribution in [0.2, 0.25) is 0 Å². The lowest BCUT2D eigenvalue weighted by atomic mass is 10.0. The number of nitrogens with zero attached hydrogens (tertiary/aromatic N) is 5. The molecule has 0 aliphatic carbocycles. The quantitative estimate of drug-likeness (QED) is 0.133. The van der Waals surface area contributed by atoms with Gasteiger partial charge in [0, 0.05) is 28.6 Å². The van der Waals surface area contributed by atoms with Crippen LogP contribution in [0.4, 0.5) is 4.39 Å². The number of likely N-dealkylation sites (tertiary alicyclic amines) is 1. The molecule has 1 saturated heterocycles. The molecule has 0 saturated carbocycles. The largest absolute Gasteiger partial charge is 0.491 e. The van der Waals surface area contributed by atoms with Crippen LogP contribution in [0, 0.1) is 5.82 Å². The smallest absolute Gasteiger partial charge is 0.225 e. The molecule has 13 heteroatoms. The molecular weight excluding hydrogens is 646 g/mol. The first-order chi connectivity index (χ1) is 23.8. The summed E-state index contributed by atoms with van der Waals surface area (Å²) < 4.78 is 35.0. The van der Waals surface area contributed by atoms with Crippen molar-refractivity contribution in [1.29, 1.82) is 0 Å². The fraction of sp³-hybridized carbons (Fsp3) is 0.417. The van der Waals surface area contributed by atoms with Gasteiger partial charge in [0.2, 0.25) is 5.91 Å². The minimum atomic E-state index is -0.294. The van der Waals surface area contributed by atoms with Gasteiger partial charge in [0.25, 0.3) is 0 Å². The molecule has 2 N–H and O–H groups in total. The van der Waals surface area contributed by atoms with Crippen LogP contribution < -0.4 is 4.74 Å². The highest BCUT2D eigenvalue weighted by Crippen LogP contribution is 2.42. The summed E-state index contributed by atoms with van der Waals surface area (Å²) in [6, 6.07) is 12.0. The number of hydrogen-bond acceptors (Lipinski definition) is 8. The molecule has 2 aliphatic heterocycles. The Hall–Kier alpha value is -4.17. The molecule has 0 bridgehead atoms. The van der Waals surface area contributed by atoms with Gasteiger partial charge in [-0.1, -0.05) is 19.1 Å². The maximum Gasteiger partial charge on any atom is 0.225 e. The normalized spacial score (nSPS) is 16.7. The van der Waals surface area contributed by atoms with Gasteiger partial charge in [-0.2, -0.15) is 0 Å². The number of benzene rings is 2. The van der Waals surface area contributed by atoms with Crippen molar-refractivity contribution in [2.75, 3.05) is 33.9 Å². The van der Waals surface area contributed by atoms with Crippen LogP contribution >= 0.6 is 12.3 Å². The van der Waals surface area contributed by atoms with E-state index in [1.807, 2.05) is 61.0 Å². The number of H-pyrrole nitrogens is 2. The second-order valence-electron chi connectivity index (χ2n) is 12.8. The molecule has 1 unspecified atom stereocenters. The third kappa shape index (κ3) is 6.72. The number of carbonyl (C=O) groups excluding carboxylic acids is 1. The van der Waals surface area contributed by atoms with Gasteiger partial charge in [0.15, 0.2) is 18.1 Å². The summed E-state index contributed by atoms with van der Waals surface area (Å²) in [6.45, 7) is 6.82. The predicted molar refractivity (Wildman–Crippen MR) is 188 cm³/mol. The summed E-state index contributed by atoms with van der Waals surface area (Å²) in [7, 11) is 3.65. The topological polar surface area (TPSA) is 114 Å². The van der Waals surface area contributed by atoms with Crippen molar-refractivity contribution >= 4 is 29.1 Å². The van der Waals surface area contributed by atoms with Gasteiger partial charge >= 0.3 is 0 Å². The number of aromatic nitrogens is 5. The summed E-state index contributed by atoms with van der Waals surface area (Å²) in [6.07, 6.45) is 6.62. The molecule has 2 aromatic carbocycles. The lowest BCUT2D eigenvalue weighted by Gasteiger charge is -2.22. The zero-order valence-electron chi connectivity index (χ0n) is 28.3. The Labute approximate surface area is 289 Å². The third-order valence-corrected chi connectivity index (χ3v) is 9.96. The first kappa shape index (κ1) is 33.3. The van der Waals surface area contributed by atoms with Crippen LogP contribution in [0.25, 0.3) is 44.7 Å². The second-order valence-corrected chi connectivity index (χ2v) is 13.5. The molecule has 3 aromatic heterocycles. The number of amides is 1. The molecule has 7 rings (SSSR count). The zero-order chi connectivity index (χ0) is 34.1. The summed E-state index contributed by atoms with van der Waals surface area (Å²) in [5.41, 5.74) is 5.48. The van der Waals surface area contributed by atoms with Gasteiger partial charge in [-0.25, -0.2) is 14.4 Å². The number of ether oxygens (including phenoxy) is 1. The Kier molecular flexibility index (Phi) is 9.77. The van der Waals surface area contributed by atoms with E-state index in [1.54, 1.807) is 11.1 Å². The van der Waals surface area contributed by atoms with Gasteiger partial charge in [-0.05, 0) is 64.0 Å².